The fourth-order valence-corrected chi connectivity index (χ4v) is 2.43. The van der Waals surface area contributed by atoms with Crippen molar-refractivity contribution in [3.05, 3.63) is 64.1 Å². The third kappa shape index (κ3) is 3.57. The topological polar surface area (TPSA) is 49.3 Å². The molecule has 2 aromatic rings. The molecule has 1 amide bonds. The molecule has 21 heavy (non-hydrogen) atoms. The van der Waals surface area contributed by atoms with E-state index in [4.69, 9.17) is 11.6 Å². The van der Waals surface area contributed by atoms with Gasteiger partial charge in [0, 0.05) is 11.4 Å². The van der Waals surface area contributed by atoms with Gasteiger partial charge < -0.3 is 10.4 Å². The molecule has 1 unspecified atom stereocenters. The van der Waals surface area contributed by atoms with Crippen molar-refractivity contribution in [2.75, 3.05) is 5.88 Å². The number of rotatable bonds is 4. The number of nitrogens with one attached hydrogen (secondary N) is 1. The number of benzene rings is 2. The van der Waals surface area contributed by atoms with Gasteiger partial charge in [-0.15, -0.1) is 11.6 Å². The molecule has 0 saturated heterocycles. The number of carbonyl (C=O) groups is 1. The maximum Gasteiger partial charge on any atom is 0.252 e. The highest BCUT2D eigenvalue weighted by atomic mass is 79.9. The number of hydrogen-bond donors (Lipinski definition) is 2. The van der Waals surface area contributed by atoms with Gasteiger partial charge in [0.1, 0.15) is 5.75 Å². The smallest absolute Gasteiger partial charge is 0.252 e. The Bertz CT molecular complexity index is 648. The third-order valence-electron chi connectivity index (χ3n) is 3.28. The third-order valence-corrected chi connectivity index (χ3v) is 4.48. The SMILES string of the molecule is CC(CCl)(NC(=O)c1ccc(Br)c(O)c1)c1ccccc1. The van der Waals surface area contributed by atoms with Crippen LogP contribution < -0.4 is 5.32 Å². The van der Waals surface area contributed by atoms with Crippen LogP contribution in [-0.4, -0.2) is 16.9 Å². The van der Waals surface area contributed by atoms with Crippen molar-refractivity contribution in [2.24, 2.45) is 0 Å². The first kappa shape index (κ1) is 15.9. The Labute approximate surface area is 137 Å². The standard InChI is InChI=1S/C16H15BrClNO2/c1-16(10-18,12-5-3-2-4-6-12)19-15(21)11-7-8-13(17)14(20)9-11/h2-9,20H,10H2,1H3,(H,19,21). The van der Waals surface area contributed by atoms with Crippen molar-refractivity contribution in [1.82, 2.24) is 5.32 Å². The van der Waals surface area contributed by atoms with Gasteiger partial charge in [-0.3, -0.25) is 4.79 Å². The number of alkyl halides is 1. The van der Waals surface area contributed by atoms with E-state index in [1.54, 1.807) is 12.1 Å². The molecule has 0 radical (unpaired) electrons. The summed E-state index contributed by atoms with van der Waals surface area (Å²) in [4.78, 5) is 12.4. The van der Waals surface area contributed by atoms with E-state index in [0.29, 0.717) is 10.0 Å². The predicted molar refractivity (Wildman–Crippen MR) is 87.8 cm³/mol. The lowest BCUT2D eigenvalue weighted by atomic mass is 9.93. The van der Waals surface area contributed by atoms with Gasteiger partial charge in [-0.1, -0.05) is 30.3 Å². The summed E-state index contributed by atoms with van der Waals surface area (Å²) in [5, 5.41) is 12.6. The van der Waals surface area contributed by atoms with Crippen LogP contribution >= 0.6 is 27.5 Å². The summed E-state index contributed by atoms with van der Waals surface area (Å²) in [6.07, 6.45) is 0. The molecule has 2 aromatic carbocycles. The number of hydrogen-bond acceptors (Lipinski definition) is 2. The summed E-state index contributed by atoms with van der Waals surface area (Å²) in [6.45, 7) is 1.87. The molecule has 0 fully saturated rings. The molecule has 0 saturated carbocycles. The first-order chi connectivity index (χ1) is 9.96. The Kier molecular flexibility index (Phi) is 4.91. The van der Waals surface area contributed by atoms with Gasteiger partial charge in [-0.25, -0.2) is 0 Å². The van der Waals surface area contributed by atoms with E-state index in [2.05, 4.69) is 21.2 Å². The monoisotopic (exact) mass is 367 g/mol. The molecule has 0 aliphatic carbocycles. The second kappa shape index (κ2) is 6.50. The Hall–Kier alpha value is -1.52. The maximum atomic E-state index is 12.4. The van der Waals surface area contributed by atoms with Crippen molar-refractivity contribution in [3.8, 4) is 5.75 Å². The zero-order chi connectivity index (χ0) is 15.5. The second-order valence-corrected chi connectivity index (χ2v) is 6.07. The summed E-state index contributed by atoms with van der Waals surface area (Å²) in [5.74, 6) is -0.0228. The van der Waals surface area contributed by atoms with Crippen molar-refractivity contribution in [2.45, 2.75) is 12.5 Å². The van der Waals surface area contributed by atoms with Gasteiger partial charge in [0.25, 0.3) is 5.91 Å². The average molecular weight is 369 g/mol. The normalized spacial score (nSPS) is 13.5. The van der Waals surface area contributed by atoms with Crippen LogP contribution in [0.25, 0.3) is 0 Å². The molecule has 2 rings (SSSR count). The Balaban J connectivity index is 2.26. The van der Waals surface area contributed by atoms with Crippen LogP contribution in [0, 0.1) is 0 Å². The second-order valence-electron chi connectivity index (χ2n) is 4.95. The van der Waals surface area contributed by atoms with Crippen LogP contribution in [0.15, 0.2) is 53.0 Å². The summed E-state index contributed by atoms with van der Waals surface area (Å²) in [7, 11) is 0. The number of carbonyl (C=O) groups excluding carboxylic acids is 1. The largest absolute Gasteiger partial charge is 0.507 e. The van der Waals surface area contributed by atoms with Crippen LogP contribution in [0.3, 0.4) is 0 Å². The van der Waals surface area contributed by atoms with Crippen LogP contribution in [0.5, 0.6) is 5.75 Å². The summed E-state index contributed by atoms with van der Waals surface area (Å²) in [6, 6.07) is 14.2. The quantitative estimate of drug-likeness (QED) is 0.800. The number of phenolic OH excluding ortho intramolecular Hbond substituents is 1. The van der Waals surface area contributed by atoms with Crippen molar-refractivity contribution in [3.63, 3.8) is 0 Å². The van der Waals surface area contributed by atoms with Gasteiger partial charge in [-0.2, -0.15) is 0 Å². The van der Waals surface area contributed by atoms with E-state index in [0.717, 1.165) is 5.56 Å². The summed E-state index contributed by atoms with van der Waals surface area (Å²) >= 11 is 9.25. The highest BCUT2D eigenvalue weighted by Crippen LogP contribution is 2.26. The molecule has 5 heteroatoms. The van der Waals surface area contributed by atoms with Gasteiger partial charge in [0.05, 0.1) is 10.0 Å². The molecule has 0 aromatic heterocycles. The minimum atomic E-state index is -0.678. The highest BCUT2D eigenvalue weighted by molar-refractivity contribution is 9.10. The maximum absolute atomic E-state index is 12.4. The van der Waals surface area contributed by atoms with Crippen molar-refractivity contribution in [1.29, 1.82) is 0 Å². The summed E-state index contributed by atoms with van der Waals surface area (Å²) in [5.41, 5.74) is 0.625. The minimum Gasteiger partial charge on any atom is -0.507 e. The van der Waals surface area contributed by atoms with Crippen molar-refractivity contribution < 1.29 is 9.90 Å². The molecule has 1 atom stereocenters. The molecule has 3 nitrogen and oxygen atoms in total. The number of amides is 1. The predicted octanol–water partition coefficient (Wildman–Crippen LogP) is 4.04. The molecule has 110 valence electrons. The van der Waals surface area contributed by atoms with Crippen LogP contribution in [0.4, 0.5) is 0 Å². The Morgan fingerprint density at radius 2 is 1.95 bits per heavy atom. The van der Waals surface area contributed by atoms with Crippen LogP contribution in [0.1, 0.15) is 22.8 Å². The Morgan fingerprint density at radius 3 is 2.52 bits per heavy atom. The van der Waals surface area contributed by atoms with Gasteiger partial charge >= 0.3 is 0 Å². The van der Waals surface area contributed by atoms with E-state index >= 15 is 0 Å². The fraction of sp³-hybridized carbons (Fsp3) is 0.188. The van der Waals surface area contributed by atoms with Crippen LogP contribution in [0.2, 0.25) is 0 Å². The molecule has 0 bridgehead atoms. The molecule has 2 N–H and O–H groups in total. The van der Waals surface area contributed by atoms with Crippen LogP contribution in [-0.2, 0) is 5.54 Å². The van der Waals surface area contributed by atoms with Gasteiger partial charge in [-0.05, 0) is 46.6 Å². The highest BCUT2D eigenvalue weighted by Gasteiger charge is 2.28. The van der Waals surface area contributed by atoms with E-state index in [-0.39, 0.29) is 17.5 Å². The number of aromatic hydroxyl groups is 1. The zero-order valence-corrected chi connectivity index (χ0v) is 13.8. The summed E-state index contributed by atoms with van der Waals surface area (Å²) < 4.78 is 0.544. The van der Waals surface area contributed by atoms with E-state index in [9.17, 15) is 9.90 Å². The number of phenols is 1. The lowest BCUT2D eigenvalue weighted by Gasteiger charge is -2.29. The molecular weight excluding hydrogens is 354 g/mol. The molecule has 0 heterocycles. The first-order valence-corrected chi connectivity index (χ1v) is 7.71. The lowest BCUT2D eigenvalue weighted by molar-refractivity contribution is 0.0912. The van der Waals surface area contributed by atoms with Gasteiger partial charge in [0.2, 0.25) is 0 Å². The first-order valence-electron chi connectivity index (χ1n) is 6.39. The Morgan fingerprint density at radius 1 is 1.29 bits per heavy atom. The van der Waals surface area contributed by atoms with Gasteiger partial charge in [0.15, 0.2) is 0 Å². The average Bonchev–Trinajstić information content (AvgIpc) is 2.50. The van der Waals surface area contributed by atoms with E-state index in [1.165, 1.54) is 6.07 Å². The fourth-order valence-electron chi connectivity index (χ4n) is 1.97. The molecule has 0 aliphatic heterocycles. The molecule has 0 aliphatic rings. The van der Waals surface area contributed by atoms with E-state index in [1.807, 2.05) is 37.3 Å². The van der Waals surface area contributed by atoms with Crippen molar-refractivity contribution >= 4 is 33.4 Å². The zero-order valence-electron chi connectivity index (χ0n) is 11.4. The molecule has 0 spiro atoms. The van der Waals surface area contributed by atoms with E-state index < -0.39 is 5.54 Å². The number of halogens is 2. The minimum absolute atomic E-state index is 0.0231. The molecular formula is C16H15BrClNO2. The lowest BCUT2D eigenvalue weighted by Crippen LogP contribution is -2.45.